The molecule has 1 aliphatic rings. The second-order valence-electron chi connectivity index (χ2n) is 3.70. The Morgan fingerprint density at radius 1 is 1.13 bits per heavy atom. The summed E-state index contributed by atoms with van der Waals surface area (Å²) in [5, 5.41) is 0. The quantitative estimate of drug-likeness (QED) is 0.614. The van der Waals surface area contributed by atoms with Gasteiger partial charge < -0.3 is 4.90 Å². The number of rotatable bonds is 2. The lowest BCUT2D eigenvalue weighted by atomic mass is 10.3. The summed E-state index contributed by atoms with van der Waals surface area (Å²) >= 11 is 0. The number of piperazine rings is 1. The first-order valence-electron chi connectivity index (χ1n) is 4.79. The molecule has 0 bridgehead atoms. The molecule has 1 aliphatic heterocycles. The summed E-state index contributed by atoms with van der Waals surface area (Å²) in [7, 11) is -0.307. The number of hydrogen-bond donors (Lipinski definition) is 0. The third-order valence-electron chi connectivity index (χ3n) is 2.47. The molecule has 0 saturated carbocycles. The maximum atomic E-state index is 11.7. The van der Waals surface area contributed by atoms with Gasteiger partial charge in [-0.15, -0.1) is 0 Å². The second kappa shape index (κ2) is 4.46. The van der Waals surface area contributed by atoms with Gasteiger partial charge in [-0.1, -0.05) is 0 Å². The van der Waals surface area contributed by atoms with E-state index in [0.717, 1.165) is 0 Å². The Labute approximate surface area is 90.6 Å². The van der Waals surface area contributed by atoms with Crippen LogP contribution >= 0.6 is 0 Å². The van der Waals surface area contributed by atoms with Crippen LogP contribution in [0.2, 0.25) is 0 Å². The van der Waals surface area contributed by atoms with Crippen LogP contribution in [0.5, 0.6) is 0 Å². The van der Waals surface area contributed by atoms with Gasteiger partial charge in [-0.3, -0.25) is 4.79 Å². The van der Waals surface area contributed by atoms with E-state index in [4.69, 9.17) is 0 Å². The van der Waals surface area contributed by atoms with Gasteiger partial charge in [0, 0.05) is 47.2 Å². The molecule has 0 atom stereocenters. The lowest BCUT2D eigenvalue weighted by Gasteiger charge is -2.34. The van der Waals surface area contributed by atoms with Gasteiger partial charge in [0.05, 0.1) is 0 Å². The molecular weight excluding hydrogens is 218 g/mol. The van der Waals surface area contributed by atoms with Crippen LogP contribution in [-0.4, -0.2) is 68.1 Å². The maximum Gasteiger partial charge on any atom is 0.281 e. The number of amides is 1. The van der Waals surface area contributed by atoms with Crippen molar-refractivity contribution in [3.63, 3.8) is 0 Å². The highest BCUT2D eigenvalue weighted by Gasteiger charge is 2.28. The smallest absolute Gasteiger partial charge is 0.281 e. The molecule has 0 radical (unpaired) electrons. The lowest BCUT2D eigenvalue weighted by Crippen LogP contribution is -2.52. The normalized spacial score (nSPS) is 19.6. The summed E-state index contributed by atoms with van der Waals surface area (Å²) < 4.78 is 26.0. The van der Waals surface area contributed by atoms with E-state index >= 15 is 0 Å². The average Bonchev–Trinajstić information content (AvgIpc) is 2.17. The Hall–Kier alpha value is -0.660. The summed E-state index contributed by atoms with van der Waals surface area (Å²) in [6.45, 7) is 3.20. The third kappa shape index (κ3) is 2.67. The molecule has 0 N–H and O–H groups in total. The van der Waals surface area contributed by atoms with Crippen molar-refractivity contribution in [3.05, 3.63) is 0 Å². The first kappa shape index (κ1) is 12.4. The lowest BCUT2D eigenvalue weighted by molar-refractivity contribution is -0.130. The van der Waals surface area contributed by atoms with Crippen molar-refractivity contribution in [1.29, 1.82) is 0 Å². The molecule has 88 valence electrons. The van der Waals surface area contributed by atoms with E-state index < -0.39 is 10.2 Å². The summed E-state index contributed by atoms with van der Waals surface area (Å²) in [5.41, 5.74) is 0. The van der Waals surface area contributed by atoms with E-state index in [0.29, 0.717) is 26.2 Å². The average molecular weight is 235 g/mol. The highest BCUT2D eigenvalue weighted by atomic mass is 32.2. The van der Waals surface area contributed by atoms with Crippen LogP contribution in [0.15, 0.2) is 0 Å². The zero-order chi connectivity index (χ0) is 11.6. The van der Waals surface area contributed by atoms with Crippen LogP contribution in [0.3, 0.4) is 0 Å². The molecule has 0 spiro atoms. The minimum absolute atomic E-state index is 0.00287. The molecule has 1 heterocycles. The highest BCUT2D eigenvalue weighted by Crippen LogP contribution is 2.09. The van der Waals surface area contributed by atoms with Crippen molar-refractivity contribution < 1.29 is 13.2 Å². The fourth-order valence-electron chi connectivity index (χ4n) is 1.46. The van der Waals surface area contributed by atoms with Gasteiger partial charge in [0.1, 0.15) is 0 Å². The monoisotopic (exact) mass is 235 g/mol. The van der Waals surface area contributed by atoms with Crippen molar-refractivity contribution in [3.8, 4) is 0 Å². The molecule has 6 nitrogen and oxygen atoms in total. The largest absolute Gasteiger partial charge is 0.340 e. The Kier molecular flexibility index (Phi) is 3.69. The Balaban J connectivity index is 2.62. The first-order valence-corrected chi connectivity index (χ1v) is 6.18. The predicted octanol–water partition coefficient (Wildman–Crippen LogP) is -1.04. The topological polar surface area (TPSA) is 60.9 Å². The number of nitrogens with zero attached hydrogens (tertiary/aromatic N) is 3. The van der Waals surface area contributed by atoms with Gasteiger partial charge in [-0.2, -0.15) is 17.0 Å². The molecule has 0 unspecified atom stereocenters. The molecule has 0 aromatic heterocycles. The molecule has 0 aliphatic carbocycles. The highest BCUT2D eigenvalue weighted by molar-refractivity contribution is 7.86. The molecule has 7 heteroatoms. The van der Waals surface area contributed by atoms with Gasteiger partial charge in [0.2, 0.25) is 5.91 Å². The van der Waals surface area contributed by atoms with E-state index in [-0.39, 0.29) is 5.91 Å². The van der Waals surface area contributed by atoms with Crippen molar-refractivity contribution in [2.24, 2.45) is 0 Å². The molecule has 1 fully saturated rings. The molecule has 15 heavy (non-hydrogen) atoms. The van der Waals surface area contributed by atoms with E-state index in [1.807, 2.05) is 0 Å². The van der Waals surface area contributed by atoms with Crippen LogP contribution in [0, 0.1) is 0 Å². The van der Waals surface area contributed by atoms with Crippen LogP contribution in [0.4, 0.5) is 0 Å². The molecule has 1 rings (SSSR count). The van der Waals surface area contributed by atoms with Crippen LogP contribution in [-0.2, 0) is 15.0 Å². The predicted molar refractivity (Wildman–Crippen MR) is 56.4 cm³/mol. The second-order valence-corrected chi connectivity index (χ2v) is 5.84. The van der Waals surface area contributed by atoms with E-state index in [1.54, 1.807) is 4.90 Å². The first-order chi connectivity index (χ1) is 6.85. The van der Waals surface area contributed by atoms with Crippen molar-refractivity contribution >= 4 is 16.1 Å². The van der Waals surface area contributed by atoms with Crippen LogP contribution in [0.1, 0.15) is 6.92 Å². The van der Waals surface area contributed by atoms with E-state index in [9.17, 15) is 13.2 Å². The van der Waals surface area contributed by atoms with Crippen LogP contribution in [0.25, 0.3) is 0 Å². The fourth-order valence-corrected chi connectivity index (χ4v) is 2.55. The Morgan fingerprint density at radius 2 is 1.60 bits per heavy atom. The van der Waals surface area contributed by atoms with Crippen LogP contribution < -0.4 is 0 Å². The Morgan fingerprint density at radius 3 is 1.93 bits per heavy atom. The number of carbonyl (C=O) groups is 1. The summed E-state index contributed by atoms with van der Waals surface area (Å²) in [6.07, 6.45) is 0. The number of carbonyl (C=O) groups excluding carboxylic acids is 1. The van der Waals surface area contributed by atoms with Gasteiger partial charge in [-0.05, 0) is 0 Å². The standard InChI is InChI=1S/C8H17N3O3S/c1-8(12)10-4-6-11(7-5-10)15(13,14)9(2)3/h4-7H2,1-3H3. The van der Waals surface area contributed by atoms with Crippen molar-refractivity contribution in [2.75, 3.05) is 40.3 Å². The SMILES string of the molecule is CC(=O)N1CCN(S(=O)(=O)N(C)C)CC1. The summed E-state index contributed by atoms with van der Waals surface area (Å²) in [6, 6.07) is 0. The van der Waals surface area contributed by atoms with E-state index in [2.05, 4.69) is 0 Å². The third-order valence-corrected chi connectivity index (χ3v) is 4.41. The zero-order valence-corrected chi connectivity index (χ0v) is 10.1. The molecule has 0 aromatic rings. The van der Waals surface area contributed by atoms with Gasteiger partial charge >= 0.3 is 0 Å². The maximum absolute atomic E-state index is 11.7. The van der Waals surface area contributed by atoms with E-state index in [1.165, 1.54) is 29.6 Å². The minimum Gasteiger partial charge on any atom is -0.340 e. The molecule has 0 aromatic carbocycles. The summed E-state index contributed by atoms with van der Waals surface area (Å²) in [4.78, 5) is 12.7. The zero-order valence-electron chi connectivity index (χ0n) is 9.30. The van der Waals surface area contributed by atoms with Gasteiger partial charge in [0.15, 0.2) is 0 Å². The van der Waals surface area contributed by atoms with Gasteiger partial charge in [0.25, 0.3) is 10.2 Å². The molecule has 1 saturated heterocycles. The summed E-state index contributed by atoms with van der Waals surface area (Å²) in [5.74, 6) is -0.00287. The Bertz CT molecular complexity index is 331. The minimum atomic E-state index is -3.32. The van der Waals surface area contributed by atoms with Crippen molar-refractivity contribution in [1.82, 2.24) is 13.5 Å². The number of hydrogen-bond acceptors (Lipinski definition) is 3. The van der Waals surface area contributed by atoms with Crippen molar-refractivity contribution in [2.45, 2.75) is 6.92 Å². The molecule has 1 amide bonds. The fraction of sp³-hybridized carbons (Fsp3) is 0.875. The van der Waals surface area contributed by atoms with Gasteiger partial charge in [-0.25, -0.2) is 0 Å². The molecular formula is C8H17N3O3S.